The summed E-state index contributed by atoms with van der Waals surface area (Å²) < 4.78 is 20.9. The SMILES string of the molecule is O=C(CCC1CCCC1)N(CCc1csc2nc(-c3ccc(F)cc3)cn12)CCN1CCOCC1. The number of thiazole rings is 1. The van der Waals surface area contributed by atoms with Crippen molar-refractivity contribution in [1.29, 1.82) is 0 Å². The number of hydrogen-bond acceptors (Lipinski definition) is 5. The van der Waals surface area contributed by atoms with Crippen LogP contribution in [-0.4, -0.2) is 71.0 Å². The van der Waals surface area contributed by atoms with Crippen LogP contribution in [0.2, 0.25) is 0 Å². The number of benzene rings is 1. The Morgan fingerprint density at radius 3 is 2.69 bits per heavy atom. The summed E-state index contributed by atoms with van der Waals surface area (Å²) in [7, 11) is 0. The molecule has 1 aliphatic carbocycles. The fraction of sp³-hybridized carbons (Fsp3) is 0.556. The van der Waals surface area contributed by atoms with Gasteiger partial charge in [0.2, 0.25) is 5.91 Å². The summed E-state index contributed by atoms with van der Waals surface area (Å²) in [4.78, 5) is 23.4. The van der Waals surface area contributed by atoms with Gasteiger partial charge in [0.05, 0.1) is 18.9 Å². The van der Waals surface area contributed by atoms with E-state index in [9.17, 15) is 9.18 Å². The molecule has 0 N–H and O–H groups in total. The van der Waals surface area contributed by atoms with E-state index in [0.29, 0.717) is 13.0 Å². The number of nitrogens with zero attached hydrogens (tertiary/aromatic N) is 4. The van der Waals surface area contributed by atoms with Gasteiger partial charge in [0.25, 0.3) is 0 Å². The lowest BCUT2D eigenvalue weighted by Gasteiger charge is -2.30. The van der Waals surface area contributed by atoms with E-state index in [1.807, 2.05) is 6.20 Å². The van der Waals surface area contributed by atoms with Crippen molar-refractivity contribution in [2.75, 3.05) is 45.9 Å². The van der Waals surface area contributed by atoms with Gasteiger partial charge in [-0.25, -0.2) is 9.37 Å². The molecular weight excluding hydrogens is 463 g/mol. The zero-order valence-corrected chi connectivity index (χ0v) is 21.1. The monoisotopic (exact) mass is 498 g/mol. The minimum Gasteiger partial charge on any atom is -0.379 e. The van der Waals surface area contributed by atoms with Gasteiger partial charge in [0.1, 0.15) is 5.82 Å². The zero-order chi connectivity index (χ0) is 24.0. The van der Waals surface area contributed by atoms with Crippen molar-refractivity contribution in [1.82, 2.24) is 19.2 Å². The van der Waals surface area contributed by atoms with Gasteiger partial charge in [0, 0.05) is 68.4 Å². The Morgan fingerprint density at radius 2 is 1.91 bits per heavy atom. The molecule has 0 bridgehead atoms. The number of halogens is 1. The number of ether oxygens (including phenoxy) is 1. The van der Waals surface area contributed by atoms with Gasteiger partial charge in [-0.1, -0.05) is 25.7 Å². The first-order valence-electron chi connectivity index (χ1n) is 12.9. The van der Waals surface area contributed by atoms with E-state index >= 15 is 0 Å². The molecule has 3 aromatic rings. The van der Waals surface area contributed by atoms with Crippen LogP contribution in [0.5, 0.6) is 0 Å². The van der Waals surface area contributed by atoms with E-state index in [2.05, 4.69) is 19.6 Å². The van der Waals surface area contributed by atoms with E-state index in [-0.39, 0.29) is 11.7 Å². The summed E-state index contributed by atoms with van der Waals surface area (Å²) in [5.74, 6) is 0.770. The maximum Gasteiger partial charge on any atom is 0.222 e. The molecule has 0 atom stereocenters. The van der Waals surface area contributed by atoms with Gasteiger partial charge in [-0.05, 0) is 36.6 Å². The van der Waals surface area contributed by atoms with Crippen LogP contribution >= 0.6 is 11.3 Å². The Balaban J connectivity index is 1.24. The van der Waals surface area contributed by atoms with Crippen LogP contribution in [0.1, 0.15) is 44.2 Å². The molecule has 0 unspecified atom stereocenters. The number of morpholine rings is 1. The number of carbonyl (C=O) groups is 1. The van der Waals surface area contributed by atoms with Crippen LogP contribution in [0.15, 0.2) is 35.8 Å². The molecule has 1 aliphatic heterocycles. The number of amides is 1. The third-order valence-corrected chi connectivity index (χ3v) is 8.33. The topological polar surface area (TPSA) is 50.1 Å². The highest BCUT2D eigenvalue weighted by Gasteiger charge is 2.21. The van der Waals surface area contributed by atoms with Crippen LogP contribution in [0, 0.1) is 11.7 Å². The highest BCUT2D eigenvalue weighted by molar-refractivity contribution is 7.15. The molecule has 188 valence electrons. The fourth-order valence-electron chi connectivity index (χ4n) is 5.25. The van der Waals surface area contributed by atoms with E-state index in [1.54, 1.807) is 23.5 Å². The highest BCUT2D eigenvalue weighted by Crippen LogP contribution is 2.29. The quantitative estimate of drug-likeness (QED) is 0.400. The number of carbonyl (C=O) groups excluding carboxylic acids is 1. The molecule has 2 fully saturated rings. The molecule has 1 saturated carbocycles. The van der Waals surface area contributed by atoms with Crippen LogP contribution in [0.3, 0.4) is 0 Å². The summed E-state index contributed by atoms with van der Waals surface area (Å²) >= 11 is 1.61. The van der Waals surface area contributed by atoms with Crippen LogP contribution in [0.4, 0.5) is 4.39 Å². The van der Waals surface area contributed by atoms with Crippen molar-refractivity contribution in [2.24, 2.45) is 5.92 Å². The summed E-state index contributed by atoms with van der Waals surface area (Å²) in [6.45, 7) is 5.81. The van der Waals surface area contributed by atoms with Crippen molar-refractivity contribution in [3.63, 3.8) is 0 Å². The van der Waals surface area contributed by atoms with E-state index in [0.717, 1.165) is 80.1 Å². The third-order valence-electron chi connectivity index (χ3n) is 7.44. The Kier molecular flexibility index (Phi) is 8.11. The lowest BCUT2D eigenvalue weighted by atomic mass is 10.0. The smallest absolute Gasteiger partial charge is 0.222 e. The summed E-state index contributed by atoms with van der Waals surface area (Å²) in [6, 6.07) is 6.45. The number of aromatic nitrogens is 2. The Hall–Kier alpha value is -2.29. The van der Waals surface area contributed by atoms with Crippen molar-refractivity contribution in [2.45, 2.75) is 44.9 Å². The molecule has 1 aromatic carbocycles. The molecule has 35 heavy (non-hydrogen) atoms. The van der Waals surface area contributed by atoms with Crippen molar-refractivity contribution < 1.29 is 13.9 Å². The second-order valence-corrected chi connectivity index (χ2v) is 10.6. The maximum absolute atomic E-state index is 13.3. The molecule has 6 nitrogen and oxygen atoms in total. The normalized spacial score (nSPS) is 17.4. The minimum absolute atomic E-state index is 0.245. The van der Waals surface area contributed by atoms with Gasteiger partial charge in [0.15, 0.2) is 4.96 Å². The number of imidazole rings is 1. The summed E-state index contributed by atoms with van der Waals surface area (Å²) in [6.07, 6.45) is 9.70. The van der Waals surface area contributed by atoms with Gasteiger partial charge in [-0.2, -0.15) is 0 Å². The second-order valence-electron chi connectivity index (χ2n) is 9.79. The molecule has 1 saturated heterocycles. The molecule has 2 aromatic heterocycles. The van der Waals surface area contributed by atoms with E-state index in [4.69, 9.17) is 9.72 Å². The van der Waals surface area contributed by atoms with Crippen molar-refractivity contribution in [3.05, 3.63) is 47.4 Å². The largest absolute Gasteiger partial charge is 0.379 e. The lowest BCUT2D eigenvalue weighted by molar-refractivity contribution is -0.131. The number of fused-ring (bicyclic) bond motifs is 1. The first kappa shape index (κ1) is 24.4. The second kappa shape index (κ2) is 11.6. The standard InChI is InChI=1S/C27H35FN4O2S/c28-23-8-6-22(7-9-23)25-19-32-24(20-35-27(32)29-25)11-12-31(14-13-30-15-17-34-18-16-30)26(33)10-5-21-3-1-2-4-21/h6-9,19-21H,1-5,10-18H2. The summed E-state index contributed by atoms with van der Waals surface area (Å²) in [5, 5.41) is 2.14. The van der Waals surface area contributed by atoms with E-state index in [1.165, 1.54) is 37.8 Å². The third kappa shape index (κ3) is 6.29. The Morgan fingerprint density at radius 1 is 1.14 bits per heavy atom. The summed E-state index contributed by atoms with van der Waals surface area (Å²) in [5.41, 5.74) is 2.91. The van der Waals surface area contributed by atoms with Crippen LogP contribution in [0.25, 0.3) is 16.2 Å². The molecule has 8 heteroatoms. The zero-order valence-electron chi connectivity index (χ0n) is 20.3. The Labute approximate surface area is 210 Å². The average molecular weight is 499 g/mol. The molecule has 2 aliphatic rings. The van der Waals surface area contributed by atoms with E-state index < -0.39 is 0 Å². The van der Waals surface area contributed by atoms with Gasteiger partial charge in [-0.15, -0.1) is 11.3 Å². The number of hydrogen-bond donors (Lipinski definition) is 0. The minimum atomic E-state index is -0.245. The predicted octanol–water partition coefficient (Wildman–Crippen LogP) is 4.88. The predicted molar refractivity (Wildman–Crippen MR) is 137 cm³/mol. The molecule has 3 heterocycles. The first-order valence-corrected chi connectivity index (χ1v) is 13.8. The van der Waals surface area contributed by atoms with Gasteiger partial charge >= 0.3 is 0 Å². The maximum atomic E-state index is 13.3. The van der Waals surface area contributed by atoms with Crippen LogP contribution in [-0.2, 0) is 16.0 Å². The first-order chi connectivity index (χ1) is 17.2. The Bertz CT molecular complexity index is 1100. The average Bonchev–Trinajstić information content (AvgIpc) is 3.62. The number of rotatable bonds is 10. The van der Waals surface area contributed by atoms with Crippen molar-refractivity contribution in [3.8, 4) is 11.3 Å². The van der Waals surface area contributed by atoms with Crippen LogP contribution < -0.4 is 0 Å². The fourth-order valence-corrected chi connectivity index (χ4v) is 6.16. The molecule has 5 rings (SSSR count). The molecular formula is C27H35FN4O2S. The van der Waals surface area contributed by atoms with Gasteiger partial charge in [-0.3, -0.25) is 14.1 Å². The molecule has 0 radical (unpaired) electrons. The molecule has 1 amide bonds. The lowest BCUT2D eigenvalue weighted by Crippen LogP contribution is -2.43. The van der Waals surface area contributed by atoms with Gasteiger partial charge < -0.3 is 9.64 Å². The highest BCUT2D eigenvalue weighted by atomic mass is 32.1. The molecule has 0 spiro atoms. The van der Waals surface area contributed by atoms with Crippen molar-refractivity contribution >= 4 is 22.2 Å².